The van der Waals surface area contributed by atoms with Gasteiger partial charge < -0.3 is 14.8 Å². The third-order valence-corrected chi connectivity index (χ3v) is 4.17. The van der Waals surface area contributed by atoms with Gasteiger partial charge in [-0.1, -0.05) is 0 Å². The van der Waals surface area contributed by atoms with Crippen molar-refractivity contribution in [1.29, 1.82) is 0 Å². The molecule has 1 N–H and O–H groups in total. The fourth-order valence-electron chi connectivity index (χ4n) is 1.58. The first-order valence-corrected chi connectivity index (χ1v) is 6.09. The van der Waals surface area contributed by atoms with Crippen LogP contribution in [0.4, 0.5) is 0 Å². The highest BCUT2D eigenvalue weighted by atomic mass is 32.2. The summed E-state index contributed by atoms with van der Waals surface area (Å²) in [5.41, 5.74) is 0. The van der Waals surface area contributed by atoms with E-state index in [1.807, 2.05) is 6.92 Å². The molecule has 88 valence electrons. The van der Waals surface area contributed by atoms with Crippen molar-refractivity contribution in [2.24, 2.45) is 0 Å². The van der Waals surface area contributed by atoms with E-state index < -0.39 is 0 Å². The lowest BCUT2D eigenvalue weighted by atomic mass is 10.1. The Morgan fingerprint density at radius 1 is 1.53 bits per heavy atom. The molecular formula is C10H19NO3S. The third-order valence-electron chi connectivity index (χ3n) is 2.65. The van der Waals surface area contributed by atoms with Gasteiger partial charge in [0.2, 0.25) is 5.91 Å². The molecule has 0 aromatic rings. The maximum absolute atomic E-state index is 11.9. The van der Waals surface area contributed by atoms with Crippen molar-refractivity contribution < 1.29 is 14.3 Å². The third kappa shape index (κ3) is 3.36. The van der Waals surface area contributed by atoms with Gasteiger partial charge >= 0.3 is 0 Å². The van der Waals surface area contributed by atoms with Crippen molar-refractivity contribution >= 4 is 17.7 Å². The zero-order valence-electron chi connectivity index (χ0n) is 9.54. The fraction of sp³-hybridized carbons (Fsp3) is 0.900. The van der Waals surface area contributed by atoms with Crippen molar-refractivity contribution in [2.75, 3.05) is 26.5 Å². The predicted octanol–water partition coefficient (Wildman–Crippen LogP) is 1.01. The molecule has 0 aromatic heterocycles. The molecule has 0 radical (unpaired) electrons. The summed E-state index contributed by atoms with van der Waals surface area (Å²) in [6.07, 6.45) is 1.71. The van der Waals surface area contributed by atoms with Crippen LogP contribution in [-0.2, 0) is 14.3 Å². The number of carbonyl (C=O) groups excluding carboxylic acids is 1. The number of methoxy groups -OCH3 is 2. The molecule has 0 aromatic carbocycles. The number of rotatable bonds is 5. The van der Waals surface area contributed by atoms with Gasteiger partial charge in [0.15, 0.2) is 6.29 Å². The number of nitrogens with one attached hydrogen (secondary N) is 1. The van der Waals surface area contributed by atoms with Crippen LogP contribution in [0.15, 0.2) is 0 Å². The lowest BCUT2D eigenvalue weighted by Gasteiger charge is -2.23. The van der Waals surface area contributed by atoms with Gasteiger partial charge in [0.05, 0.1) is 11.3 Å². The van der Waals surface area contributed by atoms with Gasteiger partial charge in [-0.15, -0.1) is 11.8 Å². The molecule has 0 spiro atoms. The summed E-state index contributed by atoms with van der Waals surface area (Å²) >= 11 is 1.73. The molecule has 1 unspecified atom stereocenters. The van der Waals surface area contributed by atoms with Crippen LogP contribution in [0.3, 0.4) is 0 Å². The highest BCUT2D eigenvalue weighted by Crippen LogP contribution is 2.37. The Bertz CT molecular complexity index is 213. The molecule has 0 saturated carbocycles. The summed E-state index contributed by atoms with van der Waals surface area (Å²) in [7, 11) is 3.12. The number of ether oxygens (including phenoxy) is 2. The van der Waals surface area contributed by atoms with Gasteiger partial charge in [0.25, 0.3) is 0 Å². The molecule has 1 rings (SSSR count). The lowest BCUT2D eigenvalue weighted by molar-refractivity contribution is -0.129. The SMILES string of the molecule is COC(CNC(=O)C1(C)CCCS1)OC. The minimum Gasteiger partial charge on any atom is -0.354 e. The van der Waals surface area contributed by atoms with Crippen molar-refractivity contribution in [2.45, 2.75) is 30.8 Å². The first-order valence-electron chi connectivity index (χ1n) is 5.10. The summed E-state index contributed by atoms with van der Waals surface area (Å²) in [6, 6.07) is 0. The van der Waals surface area contributed by atoms with Gasteiger partial charge in [-0.05, 0) is 25.5 Å². The second-order valence-electron chi connectivity index (χ2n) is 3.79. The van der Waals surface area contributed by atoms with E-state index in [0.29, 0.717) is 6.54 Å². The van der Waals surface area contributed by atoms with E-state index in [1.54, 1.807) is 26.0 Å². The maximum atomic E-state index is 11.9. The number of thioether (sulfide) groups is 1. The molecule has 1 aliphatic heterocycles. The van der Waals surface area contributed by atoms with Crippen LogP contribution in [0.5, 0.6) is 0 Å². The van der Waals surface area contributed by atoms with Gasteiger partial charge in [-0.3, -0.25) is 4.79 Å². The first kappa shape index (κ1) is 12.8. The highest BCUT2D eigenvalue weighted by molar-refractivity contribution is 8.01. The van der Waals surface area contributed by atoms with Crippen molar-refractivity contribution in [3.05, 3.63) is 0 Å². The van der Waals surface area contributed by atoms with Crippen LogP contribution in [0, 0.1) is 0 Å². The van der Waals surface area contributed by atoms with Crippen molar-refractivity contribution in [3.8, 4) is 0 Å². The summed E-state index contributed by atoms with van der Waals surface area (Å²) in [6.45, 7) is 2.40. The molecule has 0 bridgehead atoms. The standard InChI is InChI=1S/C10H19NO3S/c1-10(5-4-6-15-10)9(12)11-7-8(13-2)14-3/h8H,4-7H2,1-3H3,(H,11,12). The Morgan fingerprint density at radius 2 is 2.20 bits per heavy atom. The van der Waals surface area contributed by atoms with Crippen molar-refractivity contribution in [3.63, 3.8) is 0 Å². The predicted molar refractivity (Wildman–Crippen MR) is 60.9 cm³/mol. The van der Waals surface area contributed by atoms with Crippen LogP contribution < -0.4 is 5.32 Å². The normalized spacial score (nSPS) is 25.9. The zero-order chi connectivity index (χ0) is 11.3. The van der Waals surface area contributed by atoms with Gasteiger partial charge in [0, 0.05) is 14.2 Å². The Balaban J connectivity index is 2.35. The molecule has 4 nitrogen and oxygen atoms in total. The molecule has 1 atom stereocenters. The Hall–Kier alpha value is -0.260. The van der Waals surface area contributed by atoms with E-state index in [0.717, 1.165) is 18.6 Å². The summed E-state index contributed by atoms with van der Waals surface area (Å²) in [5.74, 6) is 1.16. The molecule has 1 heterocycles. The fourth-order valence-corrected chi connectivity index (χ4v) is 2.82. The molecule has 15 heavy (non-hydrogen) atoms. The maximum Gasteiger partial charge on any atom is 0.236 e. The monoisotopic (exact) mass is 233 g/mol. The average Bonchev–Trinajstić information content (AvgIpc) is 2.68. The minimum atomic E-state index is -0.357. The second-order valence-corrected chi connectivity index (χ2v) is 5.39. The Kier molecular flexibility index (Phi) is 4.89. The van der Waals surface area contributed by atoms with Crippen LogP contribution in [0.2, 0.25) is 0 Å². The van der Waals surface area contributed by atoms with Crippen LogP contribution in [0.1, 0.15) is 19.8 Å². The van der Waals surface area contributed by atoms with Gasteiger partial charge in [-0.25, -0.2) is 0 Å². The van der Waals surface area contributed by atoms with E-state index in [-0.39, 0.29) is 16.9 Å². The zero-order valence-corrected chi connectivity index (χ0v) is 10.4. The Labute approximate surface area is 95.1 Å². The molecule has 1 saturated heterocycles. The molecule has 5 heteroatoms. The summed E-state index contributed by atoms with van der Waals surface area (Å²) in [5, 5.41) is 2.86. The highest BCUT2D eigenvalue weighted by Gasteiger charge is 2.37. The number of carbonyl (C=O) groups is 1. The van der Waals surface area contributed by atoms with E-state index in [9.17, 15) is 4.79 Å². The summed E-state index contributed by atoms with van der Waals surface area (Å²) in [4.78, 5) is 11.9. The number of hydrogen-bond donors (Lipinski definition) is 1. The first-order chi connectivity index (χ1) is 7.12. The number of amides is 1. The van der Waals surface area contributed by atoms with Gasteiger partial charge in [-0.2, -0.15) is 0 Å². The Morgan fingerprint density at radius 3 is 2.67 bits per heavy atom. The number of hydrogen-bond acceptors (Lipinski definition) is 4. The van der Waals surface area contributed by atoms with E-state index in [2.05, 4.69) is 5.32 Å². The van der Waals surface area contributed by atoms with Crippen LogP contribution in [-0.4, -0.2) is 43.5 Å². The van der Waals surface area contributed by atoms with E-state index >= 15 is 0 Å². The van der Waals surface area contributed by atoms with E-state index in [1.165, 1.54) is 0 Å². The van der Waals surface area contributed by atoms with Crippen LogP contribution >= 0.6 is 11.8 Å². The molecular weight excluding hydrogens is 214 g/mol. The molecule has 1 amide bonds. The largest absolute Gasteiger partial charge is 0.354 e. The van der Waals surface area contributed by atoms with Crippen LogP contribution in [0.25, 0.3) is 0 Å². The quantitative estimate of drug-likeness (QED) is 0.720. The topological polar surface area (TPSA) is 47.6 Å². The van der Waals surface area contributed by atoms with Crippen molar-refractivity contribution in [1.82, 2.24) is 5.32 Å². The minimum absolute atomic E-state index is 0.0871. The lowest BCUT2D eigenvalue weighted by Crippen LogP contribution is -2.44. The second kappa shape index (κ2) is 5.72. The average molecular weight is 233 g/mol. The smallest absolute Gasteiger partial charge is 0.236 e. The molecule has 1 aliphatic rings. The van der Waals surface area contributed by atoms with Gasteiger partial charge in [0.1, 0.15) is 0 Å². The molecule has 0 aliphatic carbocycles. The van der Waals surface area contributed by atoms with E-state index in [4.69, 9.17) is 9.47 Å². The summed E-state index contributed by atoms with van der Waals surface area (Å²) < 4.78 is 9.75. The molecule has 1 fully saturated rings.